The van der Waals surface area contributed by atoms with E-state index < -0.39 is 0 Å². The first-order chi connectivity index (χ1) is 9.58. The standard InChI is InChI=1S/C14H16N2O2S2/c1-9-10(2)20-14(15-9)16-13(17)8-19-12-6-4-11(18-3)5-7-12/h4-7H,8H2,1-3H3,(H,15,16,17). The molecule has 20 heavy (non-hydrogen) atoms. The molecule has 0 saturated heterocycles. The van der Waals surface area contributed by atoms with Crippen LogP contribution in [0.4, 0.5) is 5.13 Å². The number of aryl methyl sites for hydroxylation is 2. The zero-order valence-corrected chi connectivity index (χ0v) is 13.2. The first kappa shape index (κ1) is 14.9. The van der Waals surface area contributed by atoms with Crippen LogP contribution in [0.1, 0.15) is 10.6 Å². The molecule has 1 aromatic heterocycles. The third-order valence-electron chi connectivity index (χ3n) is 2.70. The number of carbonyl (C=O) groups is 1. The van der Waals surface area contributed by atoms with Crippen LogP contribution in [0.3, 0.4) is 0 Å². The molecular formula is C14H16N2O2S2. The number of nitrogens with one attached hydrogen (secondary N) is 1. The van der Waals surface area contributed by atoms with E-state index >= 15 is 0 Å². The number of nitrogens with zero attached hydrogens (tertiary/aromatic N) is 1. The minimum absolute atomic E-state index is 0.0421. The Labute approximate surface area is 126 Å². The van der Waals surface area contributed by atoms with Gasteiger partial charge in [0.15, 0.2) is 5.13 Å². The number of thiazole rings is 1. The number of hydrogen-bond acceptors (Lipinski definition) is 5. The number of anilines is 1. The summed E-state index contributed by atoms with van der Waals surface area (Å²) < 4.78 is 5.09. The van der Waals surface area contributed by atoms with Crippen molar-refractivity contribution in [3.05, 3.63) is 34.8 Å². The molecule has 0 unspecified atom stereocenters. The predicted octanol–water partition coefficient (Wildman–Crippen LogP) is 3.50. The fourth-order valence-corrected chi connectivity index (χ4v) is 3.03. The maximum atomic E-state index is 11.8. The van der Waals surface area contributed by atoms with Crippen LogP contribution >= 0.6 is 23.1 Å². The molecule has 1 heterocycles. The average molecular weight is 308 g/mol. The van der Waals surface area contributed by atoms with Gasteiger partial charge in [-0.2, -0.15) is 0 Å². The molecule has 0 radical (unpaired) electrons. The highest BCUT2D eigenvalue weighted by atomic mass is 32.2. The number of hydrogen-bond donors (Lipinski definition) is 1. The summed E-state index contributed by atoms with van der Waals surface area (Å²) in [5.41, 5.74) is 0.966. The lowest BCUT2D eigenvalue weighted by Gasteiger charge is -2.03. The molecule has 1 aromatic carbocycles. The normalized spacial score (nSPS) is 10.3. The summed E-state index contributed by atoms with van der Waals surface area (Å²) in [6.07, 6.45) is 0. The molecule has 0 atom stereocenters. The average Bonchev–Trinajstić information content (AvgIpc) is 2.75. The van der Waals surface area contributed by atoms with E-state index in [0.717, 1.165) is 21.2 Å². The molecular weight excluding hydrogens is 292 g/mol. The first-order valence-electron chi connectivity index (χ1n) is 6.09. The molecule has 0 aliphatic carbocycles. The van der Waals surface area contributed by atoms with Crippen molar-refractivity contribution in [2.45, 2.75) is 18.7 Å². The maximum absolute atomic E-state index is 11.8. The fourth-order valence-electron chi connectivity index (χ4n) is 1.50. The second kappa shape index (κ2) is 6.76. The second-order valence-corrected chi connectivity index (χ2v) is 6.42. The van der Waals surface area contributed by atoms with Crippen molar-refractivity contribution in [3.8, 4) is 5.75 Å². The number of carbonyl (C=O) groups excluding carboxylic acids is 1. The van der Waals surface area contributed by atoms with Gasteiger partial charge in [-0.1, -0.05) is 0 Å². The minimum atomic E-state index is -0.0421. The van der Waals surface area contributed by atoms with Crippen LogP contribution in [-0.2, 0) is 4.79 Å². The van der Waals surface area contributed by atoms with Gasteiger partial charge in [-0.05, 0) is 38.1 Å². The number of benzene rings is 1. The molecule has 0 aliphatic rings. The van der Waals surface area contributed by atoms with E-state index in [1.54, 1.807) is 7.11 Å². The number of methoxy groups -OCH3 is 1. The van der Waals surface area contributed by atoms with Crippen molar-refractivity contribution in [1.82, 2.24) is 4.98 Å². The summed E-state index contributed by atoms with van der Waals surface area (Å²) in [5.74, 6) is 1.14. The fraction of sp³-hybridized carbons (Fsp3) is 0.286. The Hall–Kier alpha value is -1.53. The predicted molar refractivity (Wildman–Crippen MR) is 83.9 cm³/mol. The van der Waals surface area contributed by atoms with Gasteiger partial charge < -0.3 is 10.1 Å². The van der Waals surface area contributed by atoms with Gasteiger partial charge in [0.25, 0.3) is 0 Å². The van der Waals surface area contributed by atoms with Crippen molar-refractivity contribution >= 4 is 34.1 Å². The van der Waals surface area contributed by atoms with Crippen LogP contribution in [0.2, 0.25) is 0 Å². The summed E-state index contributed by atoms with van der Waals surface area (Å²) >= 11 is 2.99. The molecule has 2 rings (SSSR count). The van der Waals surface area contributed by atoms with Crippen molar-refractivity contribution in [1.29, 1.82) is 0 Å². The Morgan fingerprint density at radius 1 is 1.35 bits per heavy atom. The minimum Gasteiger partial charge on any atom is -0.497 e. The number of rotatable bonds is 5. The van der Waals surface area contributed by atoms with E-state index in [-0.39, 0.29) is 5.91 Å². The summed E-state index contributed by atoms with van der Waals surface area (Å²) in [6, 6.07) is 7.64. The highest BCUT2D eigenvalue weighted by Crippen LogP contribution is 2.23. The van der Waals surface area contributed by atoms with Gasteiger partial charge in [-0.15, -0.1) is 23.1 Å². The maximum Gasteiger partial charge on any atom is 0.236 e. The molecule has 1 N–H and O–H groups in total. The first-order valence-corrected chi connectivity index (χ1v) is 7.89. The largest absolute Gasteiger partial charge is 0.497 e. The van der Waals surface area contributed by atoms with Crippen LogP contribution in [0.15, 0.2) is 29.2 Å². The molecule has 0 fully saturated rings. The van der Waals surface area contributed by atoms with Crippen LogP contribution in [0.25, 0.3) is 0 Å². The van der Waals surface area contributed by atoms with Gasteiger partial charge in [0, 0.05) is 9.77 Å². The molecule has 106 valence electrons. The third kappa shape index (κ3) is 3.98. The Morgan fingerprint density at radius 3 is 2.60 bits per heavy atom. The van der Waals surface area contributed by atoms with Gasteiger partial charge in [0.2, 0.25) is 5.91 Å². The number of thioether (sulfide) groups is 1. The zero-order chi connectivity index (χ0) is 14.5. The molecule has 0 spiro atoms. The van der Waals surface area contributed by atoms with Gasteiger partial charge in [0.1, 0.15) is 5.75 Å². The lowest BCUT2D eigenvalue weighted by atomic mass is 10.3. The van der Waals surface area contributed by atoms with Crippen molar-refractivity contribution in [2.75, 3.05) is 18.2 Å². The number of amides is 1. The van der Waals surface area contributed by atoms with Crippen molar-refractivity contribution in [2.24, 2.45) is 0 Å². The highest BCUT2D eigenvalue weighted by Gasteiger charge is 2.08. The molecule has 0 saturated carbocycles. The van der Waals surface area contributed by atoms with E-state index in [9.17, 15) is 4.79 Å². The third-order valence-corrected chi connectivity index (χ3v) is 4.70. The Balaban J connectivity index is 1.85. The van der Waals surface area contributed by atoms with E-state index in [1.165, 1.54) is 23.1 Å². The van der Waals surface area contributed by atoms with Crippen LogP contribution < -0.4 is 10.1 Å². The van der Waals surface area contributed by atoms with E-state index in [2.05, 4.69) is 10.3 Å². The van der Waals surface area contributed by atoms with Crippen molar-refractivity contribution < 1.29 is 9.53 Å². The molecule has 6 heteroatoms. The quantitative estimate of drug-likeness (QED) is 0.859. The summed E-state index contributed by atoms with van der Waals surface area (Å²) in [5, 5.41) is 3.49. The lowest BCUT2D eigenvalue weighted by Crippen LogP contribution is -2.13. The Bertz CT molecular complexity index is 574. The summed E-state index contributed by atoms with van der Waals surface area (Å²) in [6.45, 7) is 3.93. The SMILES string of the molecule is COc1ccc(SCC(=O)Nc2nc(C)c(C)s2)cc1. The molecule has 2 aromatic rings. The Kier molecular flexibility index (Phi) is 5.03. The number of ether oxygens (including phenoxy) is 1. The molecule has 0 bridgehead atoms. The zero-order valence-electron chi connectivity index (χ0n) is 11.6. The van der Waals surface area contributed by atoms with Crippen LogP contribution in [0, 0.1) is 13.8 Å². The van der Waals surface area contributed by atoms with E-state index in [4.69, 9.17) is 4.74 Å². The molecule has 4 nitrogen and oxygen atoms in total. The summed E-state index contributed by atoms with van der Waals surface area (Å²) in [4.78, 5) is 18.3. The van der Waals surface area contributed by atoms with Gasteiger partial charge in [-0.3, -0.25) is 4.79 Å². The topological polar surface area (TPSA) is 51.2 Å². The lowest BCUT2D eigenvalue weighted by molar-refractivity contribution is -0.113. The van der Waals surface area contributed by atoms with Gasteiger partial charge >= 0.3 is 0 Å². The monoisotopic (exact) mass is 308 g/mol. The van der Waals surface area contributed by atoms with Gasteiger partial charge in [-0.25, -0.2) is 4.98 Å². The highest BCUT2D eigenvalue weighted by molar-refractivity contribution is 8.00. The number of aromatic nitrogens is 1. The van der Waals surface area contributed by atoms with E-state index in [1.807, 2.05) is 38.1 Å². The van der Waals surface area contributed by atoms with E-state index in [0.29, 0.717) is 10.9 Å². The molecule has 1 amide bonds. The summed E-state index contributed by atoms with van der Waals surface area (Å²) in [7, 11) is 1.63. The Morgan fingerprint density at radius 2 is 2.05 bits per heavy atom. The second-order valence-electron chi connectivity index (χ2n) is 4.17. The van der Waals surface area contributed by atoms with Crippen LogP contribution in [-0.4, -0.2) is 23.8 Å². The smallest absolute Gasteiger partial charge is 0.236 e. The van der Waals surface area contributed by atoms with Gasteiger partial charge in [0.05, 0.1) is 18.6 Å². The van der Waals surface area contributed by atoms with Crippen molar-refractivity contribution in [3.63, 3.8) is 0 Å². The molecule has 0 aliphatic heterocycles. The van der Waals surface area contributed by atoms with Crippen LogP contribution in [0.5, 0.6) is 5.75 Å².